The Morgan fingerprint density at radius 2 is 2.10 bits per heavy atom. The molecule has 0 unspecified atom stereocenters. The van der Waals surface area contributed by atoms with Crippen molar-refractivity contribution in [2.75, 3.05) is 11.9 Å². The Kier molecular flexibility index (Phi) is 4.65. The number of ether oxygens (including phenoxy) is 1. The summed E-state index contributed by atoms with van der Waals surface area (Å²) in [6.07, 6.45) is 1.38. The number of carbonyl (C=O) groups is 2. The van der Waals surface area contributed by atoms with Crippen LogP contribution in [0.1, 0.15) is 22.8 Å². The molecule has 1 aromatic carbocycles. The minimum Gasteiger partial charge on any atom is -0.465 e. The minimum atomic E-state index is -0.426. The van der Waals surface area contributed by atoms with E-state index in [0.29, 0.717) is 12.2 Å². The highest BCUT2D eigenvalue weighted by molar-refractivity contribution is 6.04. The number of esters is 1. The second-order valence-corrected chi connectivity index (χ2v) is 4.33. The molecule has 2 rings (SSSR count). The fourth-order valence-electron chi connectivity index (χ4n) is 1.76. The van der Waals surface area contributed by atoms with Crippen LogP contribution in [-0.2, 0) is 16.1 Å². The normalized spacial score (nSPS) is 10.2. The zero-order valence-corrected chi connectivity index (χ0v) is 11.9. The van der Waals surface area contributed by atoms with E-state index >= 15 is 0 Å². The summed E-state index contributed by atoms with van der Waals surface area (Å²) in [6.45, 7) is 3.79. The third kappa shape index (κ3) is 3.88. The van der Waals surface area contributed by atoms with Gasteiger partial charge >= 0.3 is 5.97 Å². The fraction of sp³-hybridized carbons (Fsp3) is 0.286. The molecule has 7 nitrogen and oxygen atoms in total. The molecule has 0 bridgehead atoms. The second-order valence-electron chi connectivity index (χ2n) is 4.33. The summed E-state index contributed by atoms with van der Waals surface area (Å²) < 4.78 is 4.79. The summed E-state index contributed by atoms with van der Waals surface area (Å²) in [4.78, 5) is 24.6. The summed E-state index contributed by atoms with van der Waals surface area (Å²) in [5.74, 6) is -0.409. The fourth-order valence-corrected chi connectivity index (χ4v) is 1.76. The van der Waals surface area contributed by atoms with Gasteiger partial charge in [-0.15, -0.1) is 5.10 Å². The van der Waals surface area contributed by atoms with Crippen LogP contribution < -0.4 is 5.32 Å². The van der Waals surface area contributed by atoms with E-state index < -0.39 is 5.97 Å². The Labute approximate surface area is 121 Å². The molecule has 7 heteroatoms. The first kappa shape index (κ1) is 14.7. The van der Waals surface area contributed by atoms with Crippen molar-refractivity contribution >= 4 is 17.7 Å². The van der Waals surface area contributed by atoms with Gasteiger partial charge in [0.1, 0.15) is 0 Å². The zero-order valence-electron chi connectivity index (χ0n) is 11.9. The zero-order chi connectivity index (χ0) is 15.2. The molecule has 1 aromatic heterocycles. The van der Waals surface area contributed by atoms with Gasteiger partial charge in [0, 0.05) is 5.56 Å². The first-order valence-electron chi connectivity index (χ1n) is 6.53. The average molecular weight is 288 g/mol. The number of hydrogen-bond donors (Lipinski definition) is 1. The van der Waals surface area contributed by atoms with E-state index in [-0.39, 0.29) is 18.3 Å². The Balaban J connectivity index is 2.01. The standard InChI is InChI=1S/C14H16N4O3/c1-3-21-13(19)9-18-15-8-12(17-18)16-14(20)11-7-5-4-6-10(11)2/h4-8H,3,9H2,1-2H3,(H,16,17,20). The van der Waals surface area contributed by atoms with Gasteiger partial charge in [-0.25, -0.2) is 4.79 Å². The number of hydrogen-bond acceptors (Lipinski definition) is 5. The molecule has 0 aliphatic carbocycles. The molecular weight excluding hydrogens is 272 g/mol. The highest BCUT2D eigenvalue weighted by Crippen LogP contribution is 2.09. The number of aromatic nitrogens is 3. The molecule has 1 amide bonds. The topological polar surface area (TPSA) is 86.1 Å². The molecule has 2 aromatic rings. The van der Waals surface area contributed by atoms with Crippen molar-refractivity contribution in [1.29, 1.82) is 0 Å². The molecule has 0 aliphatic rings. The summed E-state index contributed by atoms with van der Waals surface area (Å²) >= 11 is 0. The van der Waals surface area contributed by atoms with Crippen LogP contribution in [0.5, 0.6) is 0 Å². The summed E-state index contributed by atoms with van der Waals surface area (Å²) in [7, 11) is 0. The third-order valence-electron chi connectivity index (χ3n) is 2.74. The summed E-state index contributed by atoms with van der Waals surface area (Å²) in [5, 5.41) is 10.5. The molecule has 21 heavy (non-hydrogen) atoms. The average Bonchev–Trinajstić information content (AvgIpc) is 2.86. The van der Waals surface area contributed by atoms with Crippen molar-refractivity contribution in [2.45, 2.75) is 20.4 Å². The number of carbonyl (C=O) groups excluding carboxylic acids is 2. The van der Waals surface area contributed by atoms with Crippen molar-refractivity contribution in [1.82, 2.24) is 15.0 Å². The van der Waals surface area contributed by atoms with E-state index in [9.17, 15) is 9.59 Å². The third-order valence-corrected chi connectivity index (χ3v) is 2.74. The van der Waals surface area contributed by atoms with Gasteiger partial charge in [0.05, 0.1) is 12.8 Å². The molecule has 0 saturated heterocycles. The number of aryl methyl sites for hydroxylation is 1. The quantitative estimate of drug-likeness (QED) is 0.840. The maximum absolute atomic E-state index is 12.1. The van der Waals surface area contributed by atoms with Crippen molar-refractivity contribution in [3.8, 4) is 0 Å². The van der Waals surface area contributed by atoms with E-state index in [2.05, 4.69) is 15.5 Å². The van der Waals surface area contributed by atoms with Crippen LogP contribution >= 0.6 is 0 Å². The predicted octanol–water partition coefficient (Wildman–Crippen LogP) is 1.40. The van der Waals surface area contributed by atoms with E-state index in [4.69, 9.17) is 4.74 Å². The summed E-state index contributed by atoms with van der Waals surface area (Å²) in [5.41, 5.74) is 1.44. The molecule has 0 aliphatic heterocycles. The van der Waals surface area contributed by atoms with E-state index in [1.54, 1.807) is 19.1 Å². The number of nitrogens with zero attached hydrogens (tertiary/aromatic N) is 3. The summed E-state index contributed by atoms with van der Waals surface area (Å²) in [6, 6.07) is 7.24. The molecular formula is C14H16N4O3. The van der Waals surface area contributed by atoms with Crippen molar-refractivity contribution in [2.24, 2.45) is 0 Å². The minimum absolute atomic E-state index is 0.0892. The molecule has 1 N–H and O–H groups in total. The molecule has 0 fully saturated rings. The lowest BCUT2D eigenvalue weighted by Gasteiger charge is -2.04. The van der Waals surface area contributed by atoms with Gasteiger partial charge in [-0.1, -0.05) is 18.2 Å². The van der Waals surface area contributed by atoms with Crippen LogP contribution in [0.15, 0.2) is 30.5 Å². The van der Waals surface area contributed by atoms with E-state index in [1.165, 1.54) is 11.0 Å². The first-order chi connectivity index (χ1) is 10.1. The highest BCUT2D eigenvalue weighted by atomic mass is 16.5. The Hall–Kier alpha value is -2.70. The SMILES string of the molecule is CCOC(=O)Cn1ncc(NC(=O)c2ccccc2C)n1. The second kappa shape index (κ2) is 6.65. The van der Waals surface area contributed by atoms with Crippen LogP contribution in [0.3, 0.4) is 0 Å². The van der Waals surface area contributed by atoms with Crippen LogP contribution in [0.4, 0.5) is 5.82 Å². The van der Waals surface area contributed by atoms with E-state index in [1.807, 2.05) is 19.1 Å². The lowest BCUT2D eigenvalue weighted by Crippen LogP contribution is -2.17. The smallest absolute Gasteiger partial charge is 0.329 e. The van der Waals surface area contributed by atoms with Gasteiger partial charge in [0.25, 0.3) is 5.91 Å². The van der Waals surface area contributed by atoms with Gasteiger partial charge in [-0.3, -0.25) is 4.79 Å². The number of anilines is 1. The Morgan fingerprint density at radius 3 is 2.81 bits per heavy atom. The molecule has 110 valence electrons. The van der Waals surface area contributed by atoms with Crippen LogP contribution in [0, 0.1) is 6.92 Å². The Bertz CT molecular complexity index is 651. The van der Waals surface area contributed by atoms with Crippen LogP contribution in [0.2, 0.25) is 0 Å². The van der Waals surface area contributed by atoms with Crippen molar-refractivity contribution < 1.29 is 14.3 Å². The first-order valence-corrected chi connectivity index (χ1v) is 6.53. The van der Waals surface area contributed by atoms with Gasteiger partial charge < -0.3 is 10.1 Å². The monoisotopic (exact) mass is 288 g/mol. The molecule has 0 saturated carbocycles. The molecule has 0 spiro atoms. The molecule has 1 heterocycles. The molecule has 0 atom stereocenters. The predicted molar refractivity (Wildman–Crippen MR) is 75.8 cm³/mol. The van der Waals surface area contributed by atoms with Gasteiger partial charge in [-0.05, 0) is 25.5 Å². The number of nitrogens with one attached hydrogen (secondary N) is 1. The van der Waals surface area contributed by atoms with Crippen molar-refractivity contribution in [3.05, 3.63) is 41.6 Å². The Morgan fingerprint density at radius 1 is 1.33 bits per heavy atom. The number of rotatable bonds is 5. The molecule has 0 radical (unpaired) electrons. The van der Waals surface area contributed by atoms with Crippen molar-refractivity contribution in [3.63, 3.8) is 0 Å². The number of amides is 1. The van der Waals surface area contributed by atoms with Gasteiger partial charge in [-0.2, -0.15) is 9.90 Å². The highest BCUT2D eigenvalue weighted by Gasteiger charge is 2.12. The maximum Gasteiger partial charge on any atom is 0.329 e. The number of benzene rings is 1. The van der Waals surface area contributed by atoms with E-state index in [0.717, 1.165) is 5.56 Å². The maximum atomic E-state index is 12.1. The lowest BCUT2D eigenvalue weighted by atomic mass is 10.1. The van der Waals surface area contributed by atoms with Gasteiger partial charge in [0.15, 0.2) is 12.4 Å². The lowest BCUT2D eigenvalue weighted by molar-refractivity contribution is -0.144. The van der Waals surface area contributed by atoms with Crippen LogP contribution in [0.25, 0.3) is 0 Å². The van der Waals surface area contributed by atoms with Gasteiger partial charge in [0.2, 0.25) is 0 Å². The largest absolute Gasteiger partial charge is 0.465 e. The van der Waals surface area contributed by atoms with Crippen LogP contribution in [-0.4, -0.2) is 33.5 Å².